The van der Waals surface area contributed by atoms with E-state index in [1.165, 1.54) is 0 Å². The van der Waals surface area contributed by atoms with Crippen molar-refractivity contribution in [3.8, 4) is 5.75 Å². The Labute approximate surface area is 183 Å². The van der Waals surface area contributed by atoms with Crippen molar-refractivity contribution in [3.63, 3.8) is 0 Å². The van der Waals surface area contributed by atoms with Gasteiger partial charge in [-0.05, 0) is 43.4 Å². The summed E-state index contributed by atoms with van der Waals surface area (Å²) in [6.45, 7) is 0.0676. The van der Waals surface area contributed by atoms with Crippen LogP contribution in [0.2, 0.25) is 5.02 Å². The van der Waals surface area contributed by atoms with E-state index in [1.807, 2.05) is 12.2 Å². The number of carbonyl (C=O) groups excluding carboxylic acids is 1. The lowest BCUT2D eigenvalue weighted by Gasteiger charge is -2.19. The van der Waals surface area contributed by atoms with Crippen LogP contribution in [0.1, 0.15) is 32.1 Å². The molecule has 1 aliphatic rings. The number of ether oxygens (including phenoxy) is 1. The monoisotopic (exact) mass is 437 g/mol. The van der Waals surface area contributed by atoms with Crippen LogP contribution in [0.4, 0.5) is 0 Å². The topological polar surface area (TPSA) is 99.0 Å². The molecule has 2 rings (SSSR count). The quantitative estimate of drug-likeness (QED) is 0.315. The van der Waals surface area contributed by atoms with Gasteiger partial charge >= 0.3 is 0 Å². The Balaban J connectivity index is 1.81. The lowest BCUT2D eigenvalue weighted by Crippen LogP contribution is -2.21. The van der Waals surface area contributed by atoms with Gasteiger partial charge in [0.05, 0.1) is 12.2 Å². The van der Waals surface area contributed by atoms with Crippen molar-refractivity contribution in [3.05, 3.63) is 53.6 Å². The van der Waals surface area contributed by atoms with Crippen molar-refractivity contribution in [2.24, 2.45) is 11.8 Å². The van der Waals surface area contributed by atoms with Crippen molar-refractivity contribution in [1.82, 2.24) is 5.32 Å². The standard InChI is InChI=1S/C23H32ClNO5/c1-25-23(29)10-5-3-2-4-9-19-20(22(28)14-21(19)27)12-11-17(26)15-30-18-8-6-7-16(24)13-18/h2,4,6-8,11-13,17,19-22,26-28H,3,5,9-10,14-15H2,1H3,(H,25,29). The van der Waals surface area contributed by atoms with Crippen LogP contribution in [0.25, 0.3) is 0 Å². The molecule has 0 bridgehead atoms. The Kier molecular flexibility index (Phi) is 10.4. The molecule has 7 heteroatoms. The molecule has 5 atom stereocenters. The summed E-state index contributed by atoms with van der Waals surface area (Å²) in [5, 5.41) is 33.9. The largest absolute Gasteiger partial charge is 0.491 e. The lowest BCUT2D eigenvalue weighted by molar-refractivity contribution is -0.120. The van der Waals surface area contributed by atoms with E-state index in [1.54, 1.807) is 43.5 Å². The number of aliphatic hydroxyl groups is 3. The van der Waals surface area contributed by atoms with Crippen molar-refractivity contribution in [2.45, 2.75) is 50.4 Å². The Morgan fingerprint density at radius 2 is 2.13 bits per heavy atom. The summed E-state index contributed by atoms with van der Waals surface area (Å²) in [6.07, 6.45) is 8.31. The van der Waals surface area contributed by atoms with Crippen molar-refractivity contribution >= 4 is 17.5 Å². The van der Waals surface area contributed by atoms with E-state index < -0.39 is 18.3 Å². The molecule has 4 N–H and O–H groups in total. The van der Waals surface area contributed by atoms with Gasteiger partial charge in [0.25, 0.3) is 0 Å². The Bertz CT molecular complexity index is 723. The molecule has 1 aliphatic carbocycles. The van der Waals surface area contributed by atoms with Gasteiger partial charge in [0.15, 0.2) is 0 Å². The van der Waals surface area contributed by atoms with Gasteiger partial charge in [0, 0.05) is 30.8 Å². The van der Waals surface area contributed by atoms with Gasteiger partial charge < -0.3 is 25.4 Å². The summed E-state index contributed by atoms with van der Waals surface area (Å²) < 4.78 is 5.53. The fourth-order valence-corrected chi connectivity index (χ4v) is 3.81. The molecule has 0 saturated heterocycles. The van der Waals surface area contributed by atoms with E-state index in [2.05, 4.69) is 5.32 Å². The van der Waals surface area contributed by atoms with Gasteiger partial charge in [-0.25, -0.2) is 0 Å². The summed E-state index contributed by atoms with van der Waals surface area (Å²) >= 11 is 5.91. The summed E-state index contributed by atoms with van der Waals surface area (Å²) in [7, 11) is 1.62. The van der Waals surface area contributed by atoms with Crippen LogP contribution in [-0.2, 0) is 4.79 Å². The fraction of sp³-hybridized carbons (Fsp3) is 0.522. The molecule has 0 spiro atoms. The highest BCUT2D eigenvalue weighted by Gasteiger charge is 2.39. The van der Waals surface area contributed by atoms with Crippen LogP contribution < -0.4 is 10.1 Å². The highest BCUT2D eigenvalue weighted by molar-refractivity contribution is 6.30. The maximum absolute atomic E-state index is 11.2. The smallest absolute Gasteiger partial charge is 0.219 e. The first kappa shape index (κ1) is 24.4. The minimum atomic E-state index is -0.838. The number of nitrogens with one attached hydrogen (secondary N) is 1. The average Bonchev–Trinajstić information content (AvgIpc) is 2.99. The minimum absolute atomic E-state index is 0.0286. The average molecular weight is 438 g/mol. The molecular weight excluding hydrogens is 406 g/mol. The van der Waals surface area contributed by atoms with E-state index in [4.69, 9.17) is 16.3 Å². The van der Waals surface area contributed by atoms with Crippen molar-refractivity contribution in [2.75, 3.05) is 13.7 Å². The first-order valence-corrected chi connectivity index (χ1v) is 10.7. The van der Waals surface area contributed by atoms with Crippen LogP contribution >= 0.6 is 11.6 Å². The number of benzene rings is 1. The second-order valence-electron chi connectivity index (χ2n) is 7.60. The second kappa shape index (κ2) is 12.7. The van der Waals surface area contributed by atoms with Gasteiger partial charge in [0.2, 0.25) is 5.91 Å². The van der Waals surface area contributed by atoms with Gasteiger partial charge in [0.1, 0.15) is 18.5 Å². The number of hydrogen-bond acceptors (Lipinski definition) is 5. The zero-order chi connectivity index (χ0) is 21.9. The fourth-order valence-electron chi connectivity index (χ4n) is 3.63. The molecule has 30 heavy (non-hydrogen) atoms. The third-order valence-corrected chi connectivity index (χ3v) is 5.55. The predicted molar refractivity (Wildman–Crippen MR) is 117 cm³/mol. The molecule has 0 radical (unpaired) electrons. The number of allylic oxidation sites excluding steroid dienone is 2. The maximum Gasteiger partial charge on any atom is 0.219 e. The Morgan fingerprint density at radius 3 is 2.87 bits per heavy atom. The third kappa shape index (κ3) is 8.11. The third-order valence-electron chi connectivity index (χ3n) is 5.32. The molecular formula is C23H32ClNO5. The van der Waals surface area contributed by atoms with E-state index in [-0.39, 0.29) is 24.3 Å². The molecule has 0 aliphatic heterocycles. The molecule has 0 aromatic heterocycles. The molecule has 1 aromatic carbocycles. The lowest BCUT2D eigenvalue weighted by atomic mass is 9.89. The Hall–Kier alpha value is -1.86. The number of halogens is 1. The van der Waals surface area contributed by atoms with Crippen molar-refractivity contribution < 1.29 is 24.9 Å². The van der Waals surface area contributed by atoms with Gasteiger partial charge in [-0.3, -0.25) is 4.79 Å². The number of rotatable bonds is 11. The molecule has 0 heterocycles. The Morgan fingerprint density at radius 1 is 1.33 bits per heavy atom. The van der Waals surface area contributed by atoms with Crippen LogP contribution in [-0.4, -0.2) is 53.2 Å². The minimum Gasteiger partial charge on any atom is -0.491 e. The van der Waals surface area contributed by atoms with Gasteiger partial charge in [-0.2, -0.15) is 0 Å². The van der Waals surface area contributed by atoms with E-state index >= 15 is 0 Å². The summed E-state index contributed by atoms with van der Waals surface area (Å²) in [5.74, 6) is 0.246. The molecule has 1 amide bonds. The molecule has 1 saturated carbocycles. The van der Waals surface area contributed by atoms with E-state index in [9.17, 15) is 20.1 Å². The number of unbranched alkanes of at least 4 members (excludes halogenated alkanes) is 1. The molecule has 5 unspecified atom stereocenters. The SMILES string of the molecule is CNC(=O)CCCC=CCC1C(O)CC(O)C1C=CC(O)COc1cccc(Cl)c1. The maximum atomic E-state index is 11.2. The summed E-state index contributed by atoms with van der Waals surface area (Å²) in [5.41, 5.74) is 0. The molecule has 1 aromatic rings. The normalized spacial score (nSPS) is 25.1. The van der Waals surface area contributed by atoms with Gasteiger partial charge in [-0.15, -0.1) is 0 Å². The first-order valence-electron chi connectivity index (χ1n) is 10.4. The molecule has 6 nitrogen and oxygen atoms in total. The van der Waals surface area contributed by atoms with E-state index in [0.717, 1.165) is 12.8 Å². The number of aliphatic hydroxyl groups excluding tert-OH is 3. The molecule has 166 valence electrons. The predicted octanol–water partition coefficient (Wildman–Crippen LogP) is 2.86. The summed E-state index contributed by atoms with van der Waals surface area (Å²) in [4.78, 5) is 11.2. The first-order chi connectivity index (χ1) is 14.4. The number of carbonyl (C=O) groups is 1. The van der Waals surface area contributed by atoms with Crippen LogP contribution in [0.5, 0.6) is 5.75 Å². The zero-order valence-electron chi connectivity index (χ0n) is 17.3. The second-order valence-corrected chi connectivity index (χ2v) is 8.04. The highest BCUT2D eigenvalue weighted by atomic mass is 35.5. The number of hydrogen-bond donors (Lipinski definition) is 4. The number of amides is 1. The van der Waals surface area contributed by atoms with Gasteiger partial charge in [-0.1, -0.05) is 42.0 Å². The van der Waals surface area contributed by atoms with Crippen LogP contribution in [0.15, 0.2) is 48.6 Å². The zero-order valence-corrected chi connectivity index (χ0v) is 18.0. The van der Waals surface area contributed by atoms with Crippen LogP contribution in [0.3, 0.4) is 0 Å². The highest BCUT2D eigenvalue weighted by Crippen LogP contribution is 2.36. The van der Waals surface area contributed by atoms with Crippen molar-refractivity contribution in [1.29, 1.82) is 0 Å². The van der Waals surface area contributed by atoms with E-state index in [0.29, 0.717) is 30.0 Å². The molecule has 1 fully saturated rings. The van der Waals surface area contributed by atoms with Crippen LogP contribution in [0, 0.1) is 11.8 Å². The summed E-state index contributed by atoms with van der Waals surface area (Å²) in [6, 6.07) is 6.95.